The fraction of sp³-hybridized carbons (Fsp3) is 0.111. The van der Waals surface area contributed by atoms with Crippen LogP contribution in [-0.2, 0) is 6.54 Å². The van der Waals surface area contributed by atoms with Crippen molar-refractivity contribution in [2.24, 2.45) is 5.73 Å². The second-order valence-corrected chi connectivity index (χ2v) is 2.50. The van der Waals surface area contributed by atoms with Crippen LogP contribution in [0.2, 0.25) is 0 Å². The molecule has 2 N–H and O–H groups in total. The first-order chi connectivity index (χ1) is 5.40. The molecule has 0 bridgehead atoms. The van der Waals surface area contributed by atoms with Crippen molar-refractivity contribution in [1.29, 1.82) is 0 Å². The third-order valence-electron chi connectivity index (χ3n) is 1.76. The smallest absolute Gasteiger partial charge is 0.134 e. The van der Waals surface area contributed by atoms with Gasteiger partial charge in [-0.05, 0) is 17.7 Å². The lowest BCUT2D eigenvalue weighted by atomic mass is 10.2. The molecule has 0 saturated heterocycles. The van der Waals surface area contributed by atoms with Crippen LogP contribution in [0.3, 0.4) is 0 Å². The molecule has 0 spiro atoms. The van der Waals surface area contributed by atoms with E-state index in [4.69, 9.17) is 10.2 Å². The Balaban J connectivity index is 0.000000720. The van der Waals surface area contributed by atoms with Crippen molar-refractivity contribution in [1.82, 2.24) is 0 Å². The van der Waals surface area contributed by atoms with E-state index in [1.807, 2.05) is 24.3 Å². The van der Waals surface area contributed by atoms with E-state index >= 15 is 0 Å². The second kappa shape index (κ2) is 3.61. The number of hydrogen-bond acceptors (Lipinski definition) is 2. The number of benzene rings is 1. The number of nitrogens with two attached hydrogens (primary N) is 1. The minimum atomic E-state index is 0. The van der Waals surface area contributed by atoms with Crippen LogP contribution in [0.15, 0.2) is 34.9 Å². The number of hydrogen-bond donors (Lipinski definition) is 1. The van der Waals surface area contributed by atoms with Crippen LogP contribution < -0.4 is 5.73 Å². The predicted octanol–water partition coefficient (Wildman–Crippen LogP) is 2.31. The molecule has 0 aliphatic heterocycles. The van der Waals surface area contributed by atoms with Gasteiger partial charge in [-0.3, -0.25) is 0 Å². The lowest BCUT2D eigenvalue weighted by Gasteiger charge is -1.93. The Morgan fingerprint density at radius 1 is 1.25 bits per heavy atom. The van der Waals surface area contributed by atoms with Gasteiger partial charge in [-0.25, -0.2) is 0 Å². The largest absolute Gasteiger partial charge is 0.464 e. The summed E-state index contributed by atoms with van der Waals surface area (Å²) in [6, 6.07) is 7.93. The fourth-order valence-electron chi connectivity index (χ4n) is 1.13. The molecule has 0 unspecified atom stereocenters. The third-order valence-corrected chi connectivity index (χ3v) is 1.76. The topological polar surface area (TPSA) is 39.2 Å². The molecule has 0 aliphatic rings. The Morgan fingerprint density at radius 2 is 2.08 bits per heavy atom. The maximum absolute atomic E-state index is 5.47. The van der Waals surface area contributed by atoms with Crippen LogP contribution in [0.5, 0.6) is 0 Å². The Bertz CT molecular complexity index is 369. The van der Waals surface area contributed by atoms with Crippen LogP contribution in [0.25, 0.3) is 11.0 Å². The monoisotopic (exact) mass is 183 g/mol. The van der Waals surface area contributed by atoms with Gasteiger partial charge < -0.3 is 10.2 Å². The summed E-state index contributed by atoms with van der Waals surface area (Å²) >= 11 is 0. The van der Waals surface area contributed by atoms with Crippen molar-refractivity contribution in [3.63, 3.8) is 0 Å². The van der Waals surface area contributed by atoms with E-state index in [0.29, 0.717) is 6.54 Å². The van der Waals surface area contributed by atoms with E-state index in [1.54, 1.807) is 6.26 Å². The number of fused-ring (bicyclic) bond motifs is 1. The molecule has 0 fully saturated rings. The van der Waals surface area contributed by atoms with Gasteiger partial charge in [-0.15, -0.1) is 12.4 Å². The van der Waals surface area contributed by atoms with Crippen LogP contribution in [0.4, 0.5) is 0 Å². The van der Waals surface area contributed by atoms with Crippen molar-refractivity contribution in [2.45, 2.75) is 6.54 Å². The normalized spacial score (nSPS) is 9.75. The minimum Gasteiger partial charge on any atom is -0.464 e. The van der Waals surface area contributed by atoms with Crippen LogP contribution in [-0.4, -0.2) is 0 Å². The molecule has 2 nitrogen and oxygen atoms in total. The maximum Gasteiger partial charge on any atom is 0.134 e. The maximum atomic E-state index is 5.47. The molecule has 1 heterocycles. The van der Waals surface area contributed by atoms with Crippen molar-refractivity contribution in [3.05, 3.63) is 36.1 Å². The molecule has 64 valence electrons. The van der Waals surface area contributed by atoms with E-state index in [1.165, 1.54) is 0 Å². The van der Waals surface area contributed by atoms with Crippen molar-refractivity contribution in [3.8, 4) is 0 Å². The average Bonchev–Trinajstić information content (AvgIpc) is 2.50. The van der Waals surface area contributed by atoms with Crippen molar-refractivity contribution < 1.29 is 4.42 Å². The molecule has 12 heavy (non-hydrogen) atoms. The molecule has 2 rings (SSSR count). The average molecular weight is 184 g/mol. The Hall–Kier alpha value is -0.990. The highest BCUT2D eigenvalue weighted by molar-refractivity contribution is 5.85. The zero-order valence-corrected chi connectivity index (χ0v) is 7.30. The summed E-state index contributed by atoms with van der Waals surface area (Å²) in [4.78, 5) is 0. The standard InChI is InChI=1S/C9H9NO.ClH/c10-6-7-1-2-8-3-4-11-9(8)5-7;/h1-5H,6,10H2;1H. The molecular weight excluding hydrogens is 174 g/mol. The van der Waals surface area contributed by atoms with E-state index in [9.17, 15) is 0 Å². The first-order valence-electron chi connectivity index (χ1n) is 3.56. The highest BCUT2D eigenvalue weighted by atomic mass is 35.5. The van der Waals surface area contributed by atoms with Crippen LogP contribution in [0, 0.1) is 0 Å². The van der Waals surface area contributed by atoms with Gasteiger partial charge in [-0.1, -0.05) is 12.1 Å². The van der Waals surface area contributed by atoms with Crippen LogP contribution >= 0.6 is 12.4 Å². The summed E-state index contributed by atoms with van der Waals surface area (Å²) in [5.74, 6) is 0. The van der Waals surface area contributed by atoms with Gasteiger partial charge in [0, 0.05) is 11.9 Å². The minimum absolute atomic E-state index is 0. The Morgan fingerprint density at radius 3 is 2.83 bits per heavy atom. The van der Waals surface area contributed by atoms with E-state index in [0.717, 1.165) is 16.5 Å². The SMILES string of the molecule is Cl.NCc1ccc2ccoc2c1. The number of furan rings is 1. The first-order valence-corrected chi connectivity index (χ1v) is 3.56. The van der Waals surface area contributed by atoms with Gasteiger partial charge in [0.05, 0.1) is 6.26 Å². The highest BCUT2D eigenvalue weighted by Crippen LogP contribution is 2.16. The van der Waals surface area contributed by atoms with E-state index in [2.05, 4.69) is 0 Å². The van der Waals surface area contributed by atoms with E-state index < -0.39 is 0 Å². The third kappa shape index (κ3) is 1.44. The van der Waals surface area contributed by atoms with Gasteiger partial charge in [0.15, 0.2) is 0 Å². The molecule has 2 aromatic rings. The fourth-order valence-corrected chi connectivity index (χ4v) is 1.13. The summed E-state index contributed by atoms with van der Waals surface area (Å²) in [6.45, 7) is 0.566. The summed E-state index contributed by atoms with van der Waals surface area (Å²) in [7, 11) is 0. The predicted molar refractivity (Wildman–Crippen MR) is 51.4 cm³/mol. The van der Waals surface area contributed by atoms with Gasteiger partial charge in [0.2, 0.25) is 0 Å². The second-order valence-electron chi connectivity index (χ2n) is 2.50. The highest BCUT2D eigenvalue weighted by Gasteiger charge is 1.95. The number of rotatable bonds is 1. The van der Waals surface area contributed by atoms with Gasteiger partial charge in [0.25, 0.3) is 0 Å². The summed E-state index contributed by atoms with van der Waals surface area (Å²) in [5.41, 5.74) is 7.48. The summed E-state index contributed by atoms with van der Waals surface area (Å²) in [6.07, 6.45) is 1.69. The molecule has 0 aliphatic carbocycles. The Labute approximate surface area is 76.8 Å². The number of halogens is 1. The molecule has 0 amide bonds. The van der Waals surface area contributed by atoms with Crippen LogP contribution in [0.1, 0.15) is 5.56 Å². The molecular formula is C9H10ClNO. The van der Waals surface area contributed by atoms with Gasteiger partial charge >= 0.3 is 0 Å². The zero-order valence-electron chi connectivity index (χ0n) is 6.49. The molecule has 3 heteroatoms. The van der Waals surface area contributed by atoms with Crippen molar-refractivity contribution in [2.75, 3.05) is 0 Å². The van der Waals surface area contributed by atoms with E-state index in [-0.39, 0.29) is 12.4 Å². The summed E-state index contributed by atoms with van der Waals surface area (Å²) < 4.78 is 5.20. The molecule has 1 aromatic carbocycles. The van der Waals surface area contributed by atoms with Gasteiger partial charge in [0.1, 0.15) is 5.58 Å². The molecule has 0 saturated carbocycles. The first kappa shape index (κ1) is 9.10. The van der Waals surface area contributed by atoms with Crippen molar-refractivity contribution >= 4 is 23.4 Å². The molecule has 1 aromatic heterocycles. The van der Waals surface area contributed by atoms with Gasteiger partial charge in [-0.2, -0.15) is 0 Å². The molecule has 0 radical (unpaired) electrons. The quantitative estimate of drug-likeness (QED) is 0.737. The Kier molecular flexibility index (Phi) is 2.74. The lowest BCUT2D eigenvalue weighted by Crippen LogP contribution is -1.94. The lowest BCUT2D eigenvalue weighted by molar-refractivity contribution is 0.615. The summed E-state index contributed by atoms with van der Waals surface area (Å²) in [5, 5.41) is 1.13. The zero-order chi connectivity index (χ0) is 7.68. The molecule has 0 atom stereocenters.